The van der Waals surface area contributed by atoms with Gasteiger partial charge in [-0.05, 0) is 58.4 Å². The second kappa shape index (κ2) is 11.4. The number of phenolic OH excluding ortho intramolecular Hbond substituents is 1. The molecule has 0 saturated heterocycles. The fourth-order valence-corrected chi connectivity index (χ4v) is 6.25. The van der Waals surface area contributed by atoms with Crippen LogP contribution in [-0.4, -0.2) is 42.2 Å². The van der Waals surface area contributed by atoms with Crippen molar-refractivity contribution in [3.05, 3.63) is 63.0 Å². The normalized spacial score (nSPS) is 11.2. The van der Waals surface area contributed by atoms with Crippen LogP contribution in [0.5, 0.6) is 17.2 Å². The van der Waals surface area contributed by atoms with Crippen LogP contribution in [0.25, 0.3) is 10.2 Å². The highest BCUT2D eigenvalue weighted by Crippen LogP contribution is 2.34. The van der Waals surface area contributed by atoms with E-state index in [0.717, 1.165) is 24.7 Å². The van der Waals surface area contributed by atoms with Gasteiger partial charge in [0.05, 0.1) is 46.0 Å². The number of amides is 1. The van der Waals surface area contributed by atoms with Crippen LogP contribution < -0.4 is 14.8 Å². The molecule has 3 aromatic carbocycles. The molecule has 0 unspecified atom stereocenters. The van der Waals surface area contributed by atoms with E-state index in [2.05, 4.69) is 47.2 Å². The van der Waals surface area contributed by atoms with E-state index < -0.39 is 0 Å². The minimum atomic E-state index is -0.175. The molecule has 4 aromatic rings. The summed E-state index contributed by atoms with van der Waals surface area (Å²) in [4.78, 5) is 21.6. The van der Waals surface area contributed by atoms with Gasteiger partial charge in [-0.3, -0.25) is 9.79 Å². The summed E-state index contributed by atoms with van der Waals surface area (Å²) in [6, 6.07) is 14.5. The molecule has 35 heavy (non-hydrogen) atoms. The van der Waals surface area contributed by atoms with Crippen LogP contribution in [0.2, 0.25) is 0 Å². The van der Waals surface area contributed by atoms with Gasteiger partial charge >= 0.3 is 0 Å². The van der Waals surface area contributed by atoms with Crippen LogP contribution in [0.4, 0.5) is 11.4 Å². The first kappa shape index (κ1) is 25.5. The van der Waals surface area contributed by atoms with Crippen molar-refractivity contribution in [3.8, 4) is 17.2 Å². The smallest absolute Gasteiger partial charge is 0.234 e. The lowest BCUT2D eigenvalue weighted by molar-refractivity contribution is -0.113. The molecule has 0 radical (unpaired) electrons. The van der Waals surface area contributed by atoms with E-state index in [0.29, 0.717) is 27.2 Å². The number of benzene rings is 3. The quantitative estimate of drug-likeness (QED) is 0.159. The molecule has 0 aliphatic carbocycles. The third kappa shape index (κ3) is 6.35. The zero-order valence-electron chi connectivity index (χ0n) is 18.5. The van der Waals surface area contributed by atoms with Crippen molar-refractivity contribution < 1.29 is 19.4 Å². The number of hydrogen-bond acceptors (Lipinski definition) is 8. The van der Waals surface area contributed by atoms with E-state index in [9.17, 15) is 9.90 Å². The van der Waals surface area contributed by atoms with E-state index in [1.165, 1.54) is 23.1 Å². The summed E-state index contributed by atoms with van der Waals surface area (Å²) in [7, 11) is 3.11. The Balaban J connectivity index is 1.43. The number of thiazole rings is 1. The molecule has 0 fully saturated rings. The number of phenols is 1. The topological polar surface area (TPSA) is 93.0 Å². The number of hydrogen-bond donors (Lipinski definition) is 2. The van der Waals surface area contributed by atoms with Crippen molar-refractivity contribution in [2.24, 2.45) is 4.99 Å². The first-order valence-corrected chi connectivity index (χ1v) is 13.5. The molecule has 180 valence electrons. The van der Waals surface area contributed by atoms with Gasteiger partial charge in [-0.2, -0.15) is 0 Å². The number of fused-ring (bicyclic) bond motifs is 1. The molecule has 11 heteroatoms. The largest absolute Gasteiger partial charge is 0.506 e. The number of aromatic nitrogens is 1. The number of ether oxygens (including phenoxy) is 2. The van der Waals surface area contributed by atoms with Gasteiger partial charge in [-0.25, -0.2) is 4.98 Å². The molecule has 7 nitrogen and oxygen atoms in total. The summed E-state index contributed by atoms with van der Waals surface area (Å²) in [6.45, 7) is 0. The van der Waals surface area contributed by atoms with Crippen molar-refractivity contribution in [3.63, 3.8) is 0 Å². The van der Waals surface area contributed by atoms with E-state index in [1.54, 1.807) is 50.8 Å². The summed E-state index contributed by atoms with van der Waals surface area (Å²) in [5.41, 5.74) is 2.70. The van der Waals surface area contributed by atoms with E-state index in [1.807, 2.05) is 18.2 Å². The second-order valence-corrected chi connectivity index (χ2v) is 11.1. The Morgan fingerprint density at radius 1 is 1.17 bits per heavy atom. The minimum Gasteiger partial charge on any atom is -0.506 e. The number of aliphatic imine (C=N–C) groups is 1. The summed E-state index contributed by atoms with van der Waals surface area (Å²) >= 11 is 9.59. The predicted octanol–water partition coefficient (Wildman–Crippen LogP) is 7.03. The van der Waals surface area contributed by atoms with Crippen LogP contribution in [0.1, 0.15) is 5.56 Å². The predicted molar refractivity (Wildman–Crippen MR) is 149 cm³/mol. The van der Waals surface area contributed by atoms with Crippen molar-refractivity contribution >= 4 is 88.7 Å². The number of anilines is 1. The zero-order valence-corrected chi connectivity index (χ0v) is 23.3. The van der Waals surface area contributed by atoms with Crippen molar-refractivity contribution in [2.75, 3.05) is 25.3 Å². The number of aromatic hydroxyl groups is 1. The standard InChI is InChI=1S/C24H19Br2N3O4S2/c1-32-16-4-6-20(33-2)19(10-16)28-22(30)12-34-24-29-18-5-3-15(9-21(18)35-24)27-11-13-7-14(25)8-17(26)23(13)31/h3-11,31H,12H2,1-2H3,(H,28,30). The van der Waals surface area contributed by atoms with E-state index in [4.69, 9.17) is 9.47 Å². The van der Waals surface area contributed by atoms with Crippen molar-refractivity contribution in [1.29, 1.82) is 0 Å². The van der Waals surface area contributed by atoms with Gasteiger partial charge in [0.1, 0.15) is 17.2 Å². The van der Waals surface area contributed by atoms with Gasteiger partial charge in [0.15, 0.2) is 4.34 Å². The lowest BCUT2D eigenvalue weighted by Crippen LogP contribution is -2.14. The maximum Gasteiger partial charge on any atom is 0.234 e. The van der Waals surface area contributed by atoms with Crippen LogP contribution >= 0.6 is 55.0 Å². The number of methoxy groups -OCH3 is 2. The number of nitrogens with zero attached hydrogens (tertiary/aromatic N) is 2. The van der Waals surface area contributed by atoms with E-state index in [-0.39, 0.29) is 17.4 Å². The second-order valence-electron chi connectivity index (χ2n) is 7.12. The van der Waals surface area contributed by atoms with Crippen molar-refractivity contribution in [1.82, 2.24) is 4.98 Å². The van der Waals surface area contributed by atoms with Crippen LogP contribution in [0.15, 0.2) is 66.8 Å². The van der Waals surface area contributed by atoms with Gasteiger partial charge in [-0.15, -0.1) is 11.3 Å². The average Bonchev–Trinajstić information content (AvgIpc) is 3.26. The maximum atomic E-state index is 12.5. The lowest BCUT2D eigenvalue weighted by atomic mass is 10.2. The number of halogens is 2. The monoisotopic (exact) mass is 635 g/mol. The first-order chi connectivity index (χ1) is 16.9. The van der Waals surface area contributed by atoms with Crippen LogP contribution in [0.3, 0.4) is 0 Å². The van der Waals surface area contributed by atoms with Gasteiger partial charge in [-0.1, -0.05) is 27.7 Å². The van der Waals surface area contributed by atoms with E-state index >= 15 is 0 Å². The Kier molecular flexibility index (Phi) is 8.32. The molecule has 0 saturated carbocycles. The van der Waals surface area contributed by atoms with Gasteiger partial charge in [0.2, 0.25) is 5.91 Å². The lowest BCUT2D eigenvalue weighted by Gasteiger charge is -2.11. The Labute approximate surface area is 226 Å². The molecule has 0 aliphatic rings. The first-order valence-electron chi connectivity index (χ1n) is 10.1. The Hall–Kier alpha value is -2.60. The molecule has 0 spiro atoms. The number of thioether (sulfide) groups is 1. The number of nitrogens with one attached hydrogen (secondary N) is 1. The molecule has 0 aliphatic heterocycles. The summed E-state index contributed by atoms with van der Waals surface area (Å²) < 4.78 is 13.7. The van der Waals surface area contributed by atoms with Crippen LogP contribution in [0, 0.1) is 0 Å². The third-order valence-corrected chi connectivity index (χ3v) is 7.99. The molecule has 1 heterocycles. The summed E-state index contributed by atoms with van der Waals surface area (Å²) in [5.74, 6) is 1.33. The molecule has 0 atom stereocenters. The molecule has 0 bridgehead atoms. The van der Waals surface area contributed by atoms with Gasteiger partial charge < -0.3 is 19.9 Å². The summed E-state index contributed by atoms with van der Waals surface area (Å²) in [5, 5.41) is 13.1. The maximum absolute atomic E-state index is 12.5. The number of rotatable bonds is 8. The number of carbonyl (C=O) groups is 1. The van der Waals surface area contributed by atoms with Crippen molar-refractivity contribution in [2.45, 2.75) is 4.34 Å². The Bertz CT molecular complexity index is 1430. The Morgan fingerprint density at radius 3 is 2.77 bits per heavy atom. The van der Waals surface area contributed by atoms with Gasteiger partial charge in [0.25, 0.3) is 0 Å². The number of carbonyl (C=O) groups excluding carboxylic acids is 1. The Morgan fingerprint density at radius 2 is 2.00 bits per heavy atom. The fourth-order valence-electron chi connectivity index (χ4n) is 3.09. The molecule has 4 rings (SSSR count). The highest BCUT2D eigenvalue weighted by Gasteiger charge is 2.12. The fraction of sp³-hybridized carbons (Fsp3) is 0.125. The molecule has 1 aromatic heterocycles. The third-order valence-electron chi connectivity index (χ3n) is 4.77. The van der Waals surface area contributed by atoms with Crippen LogP contribution in [-0.2, 0) is 4.79 Å². The highest BCUT2D eigenvalue weighted by molar-refractivity contribution is 9.11. The molecule has 2 N–H and O–H groups in total. The SMILES string of the molecule is COc1ccc(OC)c(NC(=O)CSc2nc3ccc(N=Cc4cc(Br)cc(Br)c4O)cc3s2)c1. The molecular weight excluding hydrogens is 618 g/mol. The van der Waals surface area contributed by atoms with Gasteiger partial charge in [0, 0.05) is 22.3 Å². The summed E-state index contributed by atoms with van der Waals surface area (Å²) in [6.07, 6.45) is 1.61. The molecular formula is C24H19Br2N3O4S2. The minimum absolute atomic E-state index is 0.124. The average molecular weight is 637 g/mol. The highest BCUT2D eigenvalue weighted by atomic mass is 79.9. The zero-order chi connectivity index (χ0) is 24.9. The molecule has 1 amide bonds.